The normalized spacial score (nSPS) is 11.7. The lowest BCUT2D eigenvalue weighted by atomic mass is 10.1. The molecule has 1 atom stereocenters. The number of hydrogen-bond acceptors (Lipinski definition) is 5. The van der Waals surface area contributed by atoms with Crippen LogP contribution in [0.1, 0.15) is 56.3 Å². The summed E-state index contributed by atoms with van der Waals surface area (Å²) in [7, 11) is 0. The predicted octanol–water partition coefficient (Wildman–Crippen LogP) is 3.89. The van der Waals surface area contributed by atoms with Crippen LogP contribution in [0.2, 0.25) is 5.02 Å². The molecule has 0 saturated carbocycles. The Labute approximate surface area is 156 Å². The van der Waals surface area contributed by atoms with Crippen molar-refractivity contribution < 1.29 is 23.9 Å². The van der Waals surface area contributed by atoms with E-state index in [-0.39, 0.29) is 12.3 Å². The Kier molecular flexibility index (Phi) is 6.21. The second-order valence-corrected chi connectivity index (χ2v) is 6.20. The maximum atomic E-state index is 12.7. The molecule has 1 aromatic carbocycles. The summed E-state index contributed by atoms with van der Waals surface area (Å²) < 4.78 is 10.2. The van der Waals surface area contributed by atoms with Gasteiger partial charge < -0.3 is 14.5 Å². The summed E-state index contributed by atoms with van der Waals surface area (Å²) in [4.78, 5) is 39.7. The van der Waals surface area contributed by atoms with Crippen LogP contribution in [0, 0.1) is 13.8 Å². The van der Waals surface area contributed by atoms with Crippen LogP contribution in [-0.2, 0) is 9.47 Å². The number of ether oxygens (including phenoxy) is 2. The van der Waals surface area contributed by atoms with Gasteiger partial charge in [-0.15, -0.1) is 0 Å². The van der Waals surface area contributed by atoms with Gasteiger partial charge in [0.05, 0.1) is 23.4 Å². The Morgan fingerprint density at radius 2 is 1.73 bits per heavy atom. The Hall–Kier alpha value is -2.60. The van der Waals surface area contributed by atoms with Crippen molar-refractivity contribution in [1.29, 1.82) is 0 Å². The molecule has 0 unspecified atom stereocenters. The number of aromatic nitrogens is 1. The summed E-state index contributed by atoms with van der Waals surface area (Å²) in [5, 5.41) is 0.495. The zero-order chi connectivity index (χ0) is 19.4. The third-order valence-corrected chi connectivity index (χ3v) is 4.15. The predicted molar refractivity (Wildman–Crippen MR) is 96.9 cm³/mol. The highest BCUT2D eigenvalue weighted by atomic mass is 35.5. The monoisotopic (exact) mass is 377 g/mol. The number of H-pyrrole nitrogens is 1. The van der Waals surface area contributed by atoms with Gasteiger partial charge in [-0.2, -0.15) is 0 Å². The van der Waals surface area contributed by atoms with Crippen molar-refractivity contribution in [2.45, 2.75) is 33.8 Å². The summed E-state index contributed by atoms with van der Waals surface area (Å²) in [5.41, 5.74) is 1.84. The molecular formula is C19H20ClNO5. The van der Waals surface area contributed by atoms with Gasteiger partial charge in [-0.25, -0.2) is 9.59 Å². The average Bonchev–Trinajstić information content (AvgIpc) is 2.89. The number of carbonyl (C=O) groups excluding carboxylic acids is 3. The van der Waals surface area contributed by atoms with Crippen LogP contribution in [-0.4, -0.2) is 35.4 Å². The molecule has 26 heavy (non-hydrogen) atoms. The summed E-state index contributed by atoms with van der Waals surface area (Å²) in [6, 6.07) is 6.17. The number of rotatable bonds is 6. The summed E-state index contributed by atoms with van der Waals surface area (Å²) in [5.74, 6) is -1.55. The van der Waals surface area contributed by atoms with Gasteiger partial charge in [0.15, 0.2) is 6.10 Å². The summed E-state index contributed by atoms with van der Waals surface area (Å²) >= 11 is 5.79. The highest BCUT2D eigenvalue weighted by Gasteiger charge is 2.27. The SMILES string of the molecule is CCOC(=O)c1c(C)[nH]c(C(=O)[C@H](C)OC(=O)c2ccc(Cl)cc2)c1C. The van der Waals surface area contributed by atoms with Crippen molar-refractivity contribution in [2.24, 2.45) is 0 Å². The third kappa shape index (κ3) is 4.14. The zero-order valence-corrected chi connectivity index (χ0v) is 15.8. The van der Waals surface area contributed by atoms with Crippen molar-refractivity contribution in [2.75, 3.05) is 6.61 Å². The molecule has 6 nitrogen and oxygen atoms in total. The lowest BCUT2D eigenvalue weighted by molar-refractivity contribution is 0.0316. The first-order valence-corrected chi connectivity index (χ1v) is 8.51. The number of hydrogen-bond donors (Lipinski definition) is 1. The van der Waals surface area contributed by atoms with Crippen LogP contribution in [0.3, 0.4) is 0 Å². The number of Topliss-reactive ketones (excluding diaryl/α,β-unsaturated/α-hetero) is 1. The molecule has 138 valence electrons. The minimum absolute atomic E-state index is 0.224. The van der Waals surface area contributed by atoms with E-state index in [1.165, 1.54) is 19.1 Å². The van der Waals surface area contributed by atoms with Gasteiger partial charge in [-0.3, -0.25) is 4.79 Å². The van der Waals surface area contributed by atoms with Gasteiger partial charge in [0.25, 0.3) is 0 Å². The molecule has 1 aromatic heterocycles. The largest absolute Gasteiger partial charge is 0.462 e. The first-order valence-electron chi connectivity index (χ1n) is 8.13. The van der Waals surface area contributed by atoms with Crippen LogP contribution in [0.25, 0.3) is 0 Å². The molecule has 7 heteroatoms. The van der Waals surface area contributed by atoms with Gasteiger partial charge in [-0.05, 0) is 57.5 Å². The number of ketones is 1. The molecular weight excluding hydrogens is 358 g/mol. The second kappa shape index (κ2) is 8.19. The van der Waals surface area contributed by atoms with Crippen molar-refractivity contribution in [1.82, 2.24) is 4.98 Å². The van der Waals surface area contributed by atoms with Gasteiger partial charge in [0.1, 0.15) is 0 Å². The highest BCUT2D eigenvalue weighted by molar-refractivity contribution is 6.30. The van der Waals surface area contributed by atoms with Gasteiger partial charge in [0, 0.05) is 10.7 Å². The van der Waals surface area contributed by atoms with Crippen molar-refractivity contribution in [3.63, 3.8) is 0 Å². The maximum absolute atomic E-state index is 12.7. The Morgan fingerprint density at radius 3 is 2.31 bits per heavy atom. The minimum Gasteiger partial charge on any atom is -0.462 e. The zero-order valence-electron chi connectivity index (χ0n) is 15.0. The third-order valence-electron chi connectivity index (χ3n) is 3.90. The summed E-state index contributed by atoms with van der Waals surface area (Å²) in [6.45, 7) is 6.76. The Balaban J connectivity index is 2.18. The van der Waals surface area contributed by atoms with Crippen LogP contribution in [0.15, 0.2) is 24.3 Å². The van der Waals surface area contributed by atoms with E-state index in [2.05, 4.69) is 4.98 Å². The fourth-order valence-electron chi connectivity index (χ4n) is 2.58. The lowest BCUT2D eigenvalue weighted by Gasteiger charge is -2.12. The molecule has 2 rings (SSSR count). The first kappa shape index (κ1) is 19.7. The van der Waals surface area contributed by atoms with Crippen molar-refractivity contribution >= 4 is 29.3 Å². The summed E-state index contributed by atoms with van der Waals surface area (Å²) in [6.07, 6.45) is -1.02. The quantitative estimate of drug-likeness (QED) is 0.609. The average molecular weight is 378 g/mol. The topological polar surface area (TPSA) is 85.5 Å². The Morgan fingerprint density at radius 1 is 1.12 bits per heavy atom. The number of halogens is 1. The lowest BCUT2D eigenvalue weighted by Crippen LogP contribution is -2.25. The number of carbonyl (C=O) groups is 3. The number of nitrogens with one attached hydrogen (secondary N) is 1. The molecule has 1 N–H and O–H groups in total. The number of esters is 2. The van der Waals surface area contributed by atoms with E-state index >= 15 is 0 Å². The molecule has 0 aliphatic carbocycles. The van der Waals surface area contributed by atoms with E-state index in [0.717, 1.165) is 0 Å². The molecule has 0 fully saturated rings. The molecule has 0 amide bonds. The van der Waals surface area contributed by atoms with E-state index in [0.29, 0.717) is 27.4 Å². The molecule has 0 radical (unpaired) electrons. The van der Waals surface area contributed by atoms with E-state index in [9.17, 15) is 14.4 Å². The molecule has 2 aromatic rings. The molecule has 0 aliphatic heterocycles. The molecule has 1 heterocycles. The smallest absolute Gasteiger partial charge is 0.340 e. The van der Waals surface area contributed by atoms with Crippen LogP contribution in [0.5, 0.6) is 0 Å². The highest BCUT2D eigenvalue weighted by Crippen LogP contribution is 2.21. The maximum Gasteiger partial charge on any atom is 0.340 e. The molecule has 0 saturated heterocycles. The van der Waals surface area contributed by atoms with Gasteiger partial charge in [-0.1, -0.05) is 11.6 Å². The van der Waals surface area contributed by atoms with E-state index in [1.807, 2.05) is 0 Å². The van der Waals surface area contributed by atoms with Crippen LogP contribution < -0.4 is 0 Å². The van der Waals surface area contributed by atoms with Gasteiger partial charge in [0.2, 0.25) is 5.78 Å². The van der Waals surface area contributed by atoms with E-state index in [1.54, 1.807) is 32.9 Å². The molecule has 0 aliphatic rings. The fourth-order valence-corrected chi connectivity index (χ4v) is 2.70. The number of aromatic amines is 1. The molecule has 0 bridgehead atoms. The minimum atomic E-state index is -1.02. The van der Waals surface area contributed by atoms with Crippen molar-refractivity contribution in [3.05, 3.63) is 57.4 Å². The molecule has 0 spiro atoms. The Bertz CT molecular complexity index is 838. The first-order chi connectivity index (χ1) is 12.3. The second-order valence-electron chi connectivity index (χ2n) is 5.76. The number of benzene rings is 1. The van der Waals surface area contributed by atoms with Crippen LogP contribution in [0.4, 0.5) is 0 Å². The number of aryl methyl sites for hydroxylation is 1. The standard InChI is InChI=1S/C19H20ClNO5/c1-5-25-19(24)15-10(2)16(21-11(15)3)17(22)12(4)26-18(23)13-6-8-14(20)9-7-13/h6-9,12,21H,5H2,1-4H3/t12-/m0/s1. The van der Waals surface area contributed by atoms with Crippen LogP contribution >= 0.6 is 11.6 Å². The van der Waals surface area contributed by atoms with E-state index in [4.69, 9.17) is 21.1 Å². The van der Waals surface area contributed by atoms with Gasteiger partial charge >= 0.3 is 11.9 Å². The van der Waals surface area contributed by atoms with Crippen molar-refractivity contribution in [3.8, 4) is 0 Å². The fraction of sp³-hybridized carbons (Fsp3) is 0.316. The van der Waals surface area contributed by atoms with E-state index < -0.39 is 23.8 Å².